The molecule has 0 aliphatic carbocycles. The molecular weight excluding hydrogens is 216 g/mol. The van der Waals surface area contributed by atoms with Crippen LogP contribution in [0.2, 0.25) is 0 Å². The molecule has 0 saturated carbocycles. The van der Waals surface area contributed by atoms with Crippen molar-refractivity contribution in [3.63, 3.8) is 0 Å². The predicted molar refractivity (Wildman–Crippen MR) is 68.4 cm³/mol. The van der Waals surface area contributed by atoms with E-state index in [-0.39, 0.29) is 0 Å². The Hall–Kier alpha value is -0.980. The lowest BCUT2D eigenvalue weighted by molar-refractivity contribution is 0.578. The molecule has 0 aromatic heterocycles. The molecule has 1 heterocycles. The molecule has 1 saturated heterocycles. The number of nitrogens with one attached hydrogen (secondary N) is 1. The predicted octanol–water partition coefficient (Wildman–Crippen LogP) is 2.71. The van der Waals surface area contributed by atoms with Gasteiger partial charge in [-0.05, 0) is 30.7 Å². The molecule has 2 rings (SSSR count). The third-order valence-electron chi connectivity index (χ3n) is 2.91. The molecule has 0 spiro atoms. The number of thioether (sulfide) groups is 1. The van der Waals surface area contributed by atoms with Gasteiger partial charge in [0.05, 0.1) is 11.6 Å². The molecule has 1 fully saturated rings. The van der Waals surface area contributed by atoms with Gasteiger partial charge in [-0.15, -0.1) is 0 Å². The van der Waals surface area contributed by atoms with Gasteiger partial charge in [-0.2, -0.15) is 17.0 Å². The second-order valence-corrected chi connectivity index (χ2v) is 5.65. The van der Waals surface area contributed by atoms with Gasteiger partial charge in [-0.1, -0.05) is 19.1 Å². The Morgan fingerprint density at radius 2 is 2.38 bits per heavy atom. The zero-order chi connectivity index (χ0) is 11.4. The van der Waals surface area contributed by atoms with Crippen LogP contribution in [0.15, 0.2) is 24.3 Å². The fraction of sp³-hybridized carbons (Fsp3) is 0.462. The van der Waals surface area contributed by atoms with Gasteiger partial charge in [0.2, 0.25) is 0 Å². The van der Waals surface area contributed by atoms with E-state index in [1.165, 1.54) is 12.0 Å². The number of benzene rings is 1. The molecule has 1 aliphatic heterocycles. The summed E-state index contributed by atoms with van der Waals surface area (Å²) in [5, 5.41) is 13.2. The Morgan fingerprint density at radius 3 is 3.19 bits per heavy atom. The Balaban J connectivity index is 2.14. The minimum absolute atomic E-state index is 0.392. The normalized spacial score (nSPS) is 25.8. The molecule has 2 atom stereocenters. The minimum atomic E-state index is 0.392. The van der Waals surface area contributed by atoms with E-state index >= 15 is 0 Å². The summed E-state index contributed by atoms with van der Waals surface area (Å²) in [5.74, 6) is 1.09. The zero-order valence-corrected chi connectivity index (χ0v) is 10.3. The lowest BCUT2D eigenvalue weighted by Crippen LogP contribution is -2.22. The van der Waals surface area contributed by atoms with Crippen molar-refractivity contribution in [1.29, 1.82) is 5.26 Å². The first kappa shape index (κ1) is 11.5. The third-order valence-corrected chi connectivity index (χ3v) is 4.24. The van der Waals surface area contributed by atoms with Gasteiger partial charge in [0.1, 0.15) is 0 Å². The largest absolute Gasteiger partial charge is 0.309 e. The van der Waals surface area contributed by atoms with Crippen molar-refractivity contribution >= 4 is 11.8 Å². The van der Waals surface area contributed by atoms with Crippen molar-refractivity contribution in [2.45, 2.75) is 24.6 Å². The van der Waals surface area contributed by atoms with Crippen LogP contribution in [0.3, 0.4) is 0 Å². The van der Waals surface area contributed by atoms with Gasteiger partial charge in [-0.25, -0.2) is 0 Å². The lowest BCUT2D eigenvalue weighted by Gasteiger charge is -2.15. The summed E-state index contributed by atoms with van der Waals surface area (Å²) < 4.78 is 0. The van der Waals surface area contributed by atoms with Crippen LogP contribution in [-0.2, 0) is 0 Å². The molecule has 0 radical (unpaired) electrons. The maximum absolute atomic E-state index is 8.88. The fourth-order valence-electron chi connectivity index (χ4n) is 1.90. The van der Waals surface area contributed by atoms with E-state index < -0.39 is 0 Å². The molecular formula is C13H16N2S. The van der Waals surface area contributed by atoms with E-state index in [9.17, 15) is 0 Å². The summed E-state index contributed by atoms with van der Waals surface area (Å²) >= 11 is 2.01. The molecule has 0 amide bonds. The third kappa shape index (κ3) is 2.78. The van der Waals surface area contributed by atoms with Crippen LogP contribution in [0, 0.1) is 11.3 Å². The van der Waals surface area contributed by atoms with Crippen LogP contribution in [-0.4, -0.2) is 17.5 Å². The number of hydrogen-bond donors (Lipinski definition) is 1. The van der Waals surface area contributed by atoms with Crippen LogP contribution < -0.4 is 5.32 Å². The molecule has 1 N–H and O–H groups in total. The Morgan fingerprint density at radius 1 is 1.50 bits per heavy atom. The maximum Gasteiger partial charge on any atom is 0.0991 e. The maximum atomic E-state index is 8.88. The minimum Gasteiger partial charge on any atom is -0.309 e. The van der Waals surface area contributed by atoms with E-state index in [0.29, 0.717) is 6.04 Å². The summed E-state index contributed by atoms with van der Waals surface area (Å²) in [7, 11) is 0. The summed E-state index contributed by atoms with van der Waals surface area (Å²) in [6, 6.07) is 10.5. The number of nitriles is 1. The van der Waals surface area contributed by atoms with Crippen molar-refractivity contribution in [3.05, 3.63) is 35.4 Å². The first-order valence-electron chi connectivity index (χ1n) is 5.64. The first-order valence-corrected chi connectivity index (χ1v) is 6.69. The zero-order valence-electron chi connectivity index (χ0n) is 9.44. The lowest BCUT2D eigenvalue weighted by atomic mass is 10.1. The molecule has 2 nitrogen and oxygen atoms in total. The summed E-state index contributed by atoms with van der Waals surface area (Å²) in [6.45, 7) is 3.34. The second kappa shape index (κ2) is 5.38. The Bertz CT molecular complexity index is 397. The Labute approximate surface area is 101 Å². The molecule has 16 heavy (non-hydrogen) atoms. The number of rotatable bonds is 1. The molecule has 1 aliphatic rings. The van der Waals surface area contributed by atoms with Gasteiger partial charge >= 0.3 is 0 Å². The molecule has 3 heteroatoms. The average molecular weight is 232 g/mol. The van der Waals surface area contributed by atoms with Crippen molar-refractivity contribution in [1.82, 2.24) is 5.32 Å². The van der Waals surface area contributed by atoms with Gasteiger partial charge < -0.3 is 5.32 Å². The highest BCUT2D eigenvalue weighted by atomic mass is 32.2. The highest BCUT2D eigenvalue weighted by Gasteiger charge is 2.17. The van der Waals surface area contributed by atoms with Gasteiger partial charge in [-0.3, -0.25) is 0 Å². The van der Waals surface area contributed by atoms with Gasteiger partial charge in [0.15, 0.2) is 0 Å². The highest BCUT2D eigenvalue weighted by Crippen LogP contribution is 2.26. The molecule has 84 valence electrons. The van der Waals surface area contributed by atoms with E-state index in [1.54, 1.807) is 0 Å². The quantitative estimate of drug-likeness (QED) is 0.808. The second-order valence-electron chi connectivity index (χ2n) is 4.18. The summed E-state index contributed by atoms with van der Waals surface area (Å²) in [6.07, 6.45) is 1.22. The highest BCUT2D eigenvalue weighted by molar-refractivity contribution is 7.99. The SMILES string of the molecule is CC1CCNC(c2cccc(C#N)c2)CS1. The monoisotopic (exact) mass is 232 g/mol. The smallest absolute Gasteiger partial charge is 0.0991 e. The molecule has 0 bridgehead atoms. The van der Waals surface area contributed by atoms with E-state index in [2.05, 4.69) is 24.4 Å². The summed E-state index contributed by atoms with van der Waals surface area (Å²) in [4.78, 5) is 0. The standard InChI is InChI=1S/C13H16N2S/c1-10-5-6-15-13(9-16-10)12-4-2-3-11(7-12)8-14/h2-4,7,10,13,15H,5-6,9H2,1H3. The molecule has 1 aromatic rings. The van der Waals surface area contributed by atoms with Crippen LogP contribution in [0.1, 0.15) is 30.5 Å². The average Bonchev–Trinajstić information content (AvgIpc) is 2.54. The number of nitrogens with zero attached hydrogens (tertiary/aromatic N) is 1. The van der Waals surface area contributed by atoms with E-state index in [0.717, 1.165) is 23.1 Å². The van der Waals surface area contributed by atoms with E-state index in [1.807, 2.05) is 30.0 Å². The van der Waals surface area contributed by atoms with Crippen LogP contribution in [0.5, 0.6) is 0 Å². The first-order chi connectivity index (χ1) is 7.79. The van der Waals surface area contributed by atoms with Gasteiger partial charge in [0, 0.05) is 17.0 Å². The van der Waals surface area contributed by atoms with Crippen LogP contribution >= 0.6 is 11.8 Å². The fourth-order valence-corrected chi connectivity index (χ4v) is 3.02. The van der Waals surface area contributed by atoms with Crippen molar-refractivity contribution in [2.75, 3.05) is 12.3 Å². The topological polar surface area (TPSA) is 35.8 Å². The number of hydrogen-bond acceptors (Lipinski definition) is 3. The van der Waals surface area contributed by atoms with Crippen molar-refractivity contribution in [3.8, 4) is 6.07 Å². The Kier molecular flexibility index (Phi) is 3.87. The van der Waals surface area contributed by atoms with Crippen molar-refractivity contribution < 1.29 is 0 Å². The van der Waals surface area contributed by atoms with Crippen LogP contribution in [0.4, 0.5) is 0 Å². The van der Waals surface area contributed by atoms with Gasteiger partial charge in [0.25, 0.3) is 0 Å². The van der Waals surface area contributed by atoms with E-state index in [4.69, 9.17) is 5.26 Å². The van der Waals surface area contributed by atoms with Crippen molar-refractivity contribution in [2.24, 2.45) is 0 Å². The molecule has 1 aromatic carbocycles. The summed E-state index contributed by atoms with van der Waals surface area (Å²) in [5.41, 5.74) is 1.99. The van der Waals surface area contributed by atoms with Crippen LogP contribution in [0.25, 0.3) is 0 Å². The molecule has 2 unspecified atom stereocenters.